The standard InChI is InChI=1S/C22H37BN2O2Si/c1-15(2)28(16(3)4,17(5)6)25-14-19(18-12-11-13-24-20(18)25)23-26-21(7,8)22(9,10)27-23/h11-17H,1-10H3. The van der Waals surface area contributed by atoms with Gasteiger partial charge in [0.2, 0.25) is 0 Å². The number of rotatable bonds is 5. The summed E-state index contributed by atoms with van der Waals surface area (Å²) in [6, 6.07) is 4.18. The highest BCUT2D eigenvalue weighted by Gasteiger charge is 2.53. The van der Waals surface area contributed by atoms with Gasteiger partial charge in [-0.15, -0.1) is 0 Å². The Morgan fingerprint density at radius 2 is 1.43 bits per heavy atom. The van der Waals surface area contributed by atoms with Crippen LogP contribution in [0.2, 0.25) is 16.6 Å². The van der Waals surface area contributed by atoms with Gasteiger partial charge in [-0.25, -0.2) is 4.98 Å². The zero-order valence-electron chi connectivity index (χ0n) is 19.3. The fourth-order valence-electron chi connectivity index (χ4n) is 5.37. The highest BCUT2D eigenvalue weighted by molar-refractivity contribution is 6.83. The molecule has 1 fully saturated rings. The van der Waals surface area contributed by atoms with Crippen molar-refractivity contribution in [3.05, 3.63) is 24.5 Å². The van der Waals surface area contributed by atoms with Gasteiger partial charge < -0.3 is 13.5 Å². The normalized spacial score (nSPS) is 19.5. The molecule has 0 bridgehead atoms. The van der Waals surface area contributed by atoms with Crippen LogP contribution in [-0.4, -0.2) is 35.8 Å². The van der Waals surface area contributed by atoms with Gasteiger partial charge in [0.1, 0.15) is 5.65 Å². The van der Waals surface area contributed by atoms with Crippen LogP contribution >= 0.6 is 0 Å². The van der Waals surface area contributed by atoms with Crippen LogP contribution in [0.5, 0.6) is 0 Å². The predicted molar refractivity (Wildman–Crippen MR) is 122 cm³/mol. The molecule has 0 aromatic carbocycles. The van der Waals surface area contributed by atoms with Gasteiger partial charge in [0.15, 0.2) is 8.24 Å². The van der Waals surface area contributed by atoms with E-state index in [1.165, 1.54) is 0 Å². The molecule has 3 heterocycles. The summed E-state index contributed by atoms with van der Waals surface area (Å²) < 4.78 is 15.4. The number of nitrogens with zero attached hydrogens (tertiary/aromatic N) is 2. The first-order valence-corrected chi connectivity index (χ1v) is 12.9. The molecule has 0 amide bonds. The molecule has 1 aliphatic rings. The van der Waals surface area contributed by atoms with E-state index >= 15 is 0 Å². The molecule has 0 aliphatic carbocycles. The maximum atomic E-state index is 6.42. The van der Waals surface area contributed by atoms with Crippen LogP contribution in [0.4, 0.5) is 0 Å². The largest absolute Gasteiger partial charge is 0.497 e. The second kappa shape index (κ2) is 6.99. The van der Waals surface area contributed by atoms with E-state index in [-0.39, 0.29) is 18.3 Å². The summed E-state index contributed by atoms with van der Waals surface area (Å²) in [7, 11) is -2.29. The average molecular weight is 400 g/mol. The number of hydrogen-bond acceptors (Lipinski definition) is 3. The predicted octanol–water partition coefficient (Wildman–Crippen LogP) is 5.36. The van der Waals surface area contributed by atoms with Crippen LogP contribution in [0.15, 0.2) is 24.5 Å². The second-order valence-corrected chi connectivity index (χ2v) is 16.0. The molecule has 28 heavy (non-hydrogen) atoms. The maximum absolute atomic E-state index is 6.42. The highest BCUT2D eigenvalue weighted by Crippen LogP contribution is 2.44. The minimum atomic E-state index is -1.93. The van der Waals surface area contributed by atoms with Crippen molar-refractivity contribution < 1.29 is 9.31 Å². The molecule has 4 nitrogen and oxygen atoms in total. The monoisotopic (exact) mass is 400 g/mol. The second-order valence-electron chi connectivity index (χ2n) is 10.3. The van der Waals surface area contributed by atoms with Gasteiger partial charge in [0, 0.05) is 17.0 Å². The summed E-state index contributed by atoms with van der Waals surface area (Å²) in [5, 5.41) is 1.15. The number of fused-ring (bicyclic) bond motifs is 1. The van der Waals surface area contributed by atoms with Crippen molar-refractivity contribution >= 4 is 31.9 Å². The summed E-state index contributed by atoms with van der Waals surface area (Å²) in [4.78, 5) is 4.85. The van der Waals surface area contributed by atoms with Crippen LogP contribution in [0.25, 0.3) is 11.0 Å². The SMILES string of the molecule is CC(C)[Si](C(C)C)(C(C)C)n1cc(B2OC(C)(C)C(C)(C)O2)c2cccnc21. The van der Waals surface area contributed by atoms with Crippen molar-refractivity contribution in [1.29, 1.82) is 0 Å². The smallest absolute Gasteiger partial charge is 0.399 e. The topological polar surface area (TPSA) is 36.3 Å². The molecule has 3 rings (SSSR count). The lowest BCUT2D eigenvalue weighted by Crippen LogP contribution is -2.52. The first-order chi connectivity index (χ1) is 12.9. The van der Waals surface area contributed by atoms with E-state index < -0.39 is 8.24 Å². The molecule has 154 valence electrons. The number of pyridine rings is 1. The molecule has 0 N–H and O–H groups in total. The highest BCUT2D eigenvalue weighted by atomic mass is 28.3. The quantitative estimate of drug-likeness (QED) is 0.634. The van der Waals surface area contributed by atoms with Crippen LogP contribution in [0.3, 0.4) is 0 Å². The van der Waals surface area contributed by atoms with Gasteiger partial charge in [-0.05, 0) is 56.6 Å². The Morgan fingerprint density at radius 1 is 0.929 bits per heavy atom. The Hall–Kier alpha value is -1.11. The molecule has 0 saturated carbocycles. The first kappa shape index (κ1) is 21.6. The van der Waals surface area contributed by atoms with Crippen molar-refractivity contribution in [1.82, 2.24) is 9.22 Å². The Morgan fingerprint density at radius 3 is 1.89 bits per heavy atom. The summed E-state index contributed by atoms with van der Waals surface area (Å²) in [5.41, 5.74) is 3.27. The van der Waals surface area contributed by atoms with E-state index in [2.05, 4.69) is 85.7 Å². The van der Waals surface area contributed by atoms with Crippen molar-refractivity contribution in [2.24, 2.45) is 0 Å². The third-order valence-corrected chi connectivity index (χ3v) is 14.0. The molecule has 0 radical (unpaired) electrons. The van der Waals surface area contributed by atoms with Crippen molar-refractivity contribution in [2.45, 2.75) is 97.1 Å². The lowest BCUT2D eigenvalue weighted by atomic mass is 9.79. The van der Waals surface area contributed by atoms with Crippen molar-refractivity contribution in [3.8, 4) is 0 Å². The number of aromatic nitrogens is 2. The van der Waals surface area contributed by atoms with E-state index in [9.17, 15) is 0 Å². The van der Waals surface area contributed by atoms with Crippen LogP contribution < -0.4 is 5.46 Å². The average Bonchev–Trinajstić information content (AvgIpc) is 3.02. The van der Waals surface area contributed by atoms with E-state index in [4.69, 9.17) is 14.3 Å². The van der Waals surface area contributed by atoms with E-state index in [1.807, 2.05) is 12.3 Å². The van der Waals surface area contributed by atoms with Gasteiger partial charge >= 0.3 is 7.12 Å². The van der Waals surface area contributed by atoms with Crippen LogP contribution in [0.1, 0.15) is 69.2 Å². The van der Waals surface area contributed by atoms with Gasteiger partial charge in [-0.3, -0.25) is 0 Å². The van der Waals surface area contributed by atoms with Gasteiger partial charge in [-0.2, -0.15) is 0 Å². The Balaban J connectivity index is 2.25. The third kappa shape index (κ3) is 2.99. The molecule has 0 unspecified atom stereocenters. The Labute approximate surface area is 172 Å². The van der Waals surface area contributed by atoms with Crippen LogP contribution in [0, 0.1) is 0 Å². The minimum absolute atomic E-state index is 0.350. The Kier molecular flexibility index (Phi) is 5.39. The fourth-order valence-corrected chi connectivity index (χ4v) is 11.9. The van der Waals surface area contributed by atoms with Crippen molar-refractivity contribution in [2.75, 3.05) is 0 Å². The fraction of sp³-hybridized carbons (Fsp3) is 0.682. The molecule has 2 aromatic rings. The minimum Gasteiger partial charge on any atom is -0.399 e. The van der Waals surface area contributed by atoms with E-state index in [1.54, 1.807) is 0 Å². The first-order valence-electron chi connectivity index (χ1n) is 10.7. The molecular weight excluding hydrogens is 363 g/mol. The number of hydrogen-bond donors (Lipinski definition) is 0. The molecular formula is C22H37BN2O2Si. The zero-order chi connectivity index (χ0) is 21.1. The molecule has 2 aromatic heterocycles. The summed E-state index contributed by atoms with van der Waals surface area (Å²) in [5.74, 6) is 0. The lowest BCUT2D eigenvalue weighted by Gasteiger charge is -2.44. The van der Waals surface area contributed by atoms with Gasteiger partial charge in [-0.1, -0.05) is 47.6 Å². The summed E-state index contributed by atoms with van der Waals surface area (Å²) >= 11 is 0. The molecule has 0 atom stereocenters. The summed E-state index contributed by atoms with van der Waals surface area (Å²) in [6.07, 6.45) is 4.22. The molecule has 1 aliphatic heterocycles. The van der Waals surface area contributed by atoms with E-state index in [0.29, 0.717) is 16.6 Å². The summed E-state index contributed by atoms with van der Waals surface area (Å²) in [6.45, 7) is 22.8. The van der Waals surface area contributed by atoms with Gasteiger partial charge in [0.05, 0.1) is 11.2 Å². The third-order valence-electron chi connectivity index (χ3n) is 7.29. The molecule has 0 spiro atoms. The molecule has 1 saturated heterocycles. The lowest BCUT2D eigenvalue weighted by molar-refractivity contribution is 0.00578. The van der Waals surface area contributed by atoms with E-state index in [0.717, 1.165) is 16.5 Å². The molecule has 6 heteroatoms. The van der Waals surface area contributed by atoms with Gasteiger partial charge in [0.25, 0.3) is 0 Å². The maximum Gasteiger partial charge on any atom is 0.497 e. The van der Waals surface area contributed by atoms with Crippen molar-refractivity contribution in [3.63, 3.8) is 0 Å². The van der Waals surface area contributed by atoms with Crippen LogP contribution in [-0.2, 0) is 9.31 Å². The Bertz CT molecular complexity index is 820. The zero-order valence-corrected chi connectivity index (χ0v) is 20.3.